The molecule has 4 heteroatoms. The van der Waals surface area contributed by atoms with Crippen LogP contribution in [0.3, 0.4) is 0 Å². The van der Waals surface area contributed by atoms with E-state index >= 15 is 0 Å². The van der Waals surface area contributed by atoms with Crippen LogP contribution in [0.1, 0.15) is 149 Å². The molecule has 2 aromatic heterocycles. The van der Waals surface area contributed by atoms with Crippen LogP contribution in [0.15, 0.2) is 206 Å². The van der Waals surface area contributed by atoms with Crippen LogP contribution in [0.4, 0.5) is 34.1 Å². The third-order valence-corrected chi connectivity index (χ3v) is 20.3. The SMILES string of the molecule is CC(C)c1cccc(-n2c3ccccc3c3cccc(N(c4cccc5c4CCCC5)c4cc(C(C)C)c5ccc6c(N(c7cccc8c7CCCC8)c7cccc8c9ccccc9n(-c9cccc(C(C)C)c9)c78)cc(C(C)C)c7ccc4c5c76)c32)c1. The van der Waals surface area contributed by atoms with Gasteiger partial charge in [-0.2, -0.15) is 0 Å². The molecule has 0 saturated heterocycles. The largest absolute Gasteiger partial charge is 0.307 e. The average Bonchev–Trinajstić information content (AvgIpc) is 1.02. The molecule has 2 aliphatic carbocycles. The van der Waals surface area contributed by atoms with Crippen LogP contribution in [-0.4, -0.2) is 9.13 Å². The summed E-state index contributed by atoms with van der Waals surface area (Å²) < 4.78 is 5.15. The van der Waals surface area contributed by atoms with Crippen molar-refractivity contribution in [2.75, 3.05) is 9.80 Å². The molecule has 2 aliphatic rings. The molecule has 0 spiro atoms. The predicted octanol–water partition coefficient (Wildman–Crippen LogP) is 24.0. The van der Waals surface area contributed by atoms with Crippen molar-refractivity contribution in [2.45, 2.75) is 130 Å². The number of aromatic nitrogens is 2. The lowest BCUT2D eigenvalue weighted by atomic mass is 9.83. The van der Waals surface area contributed by atoms with E-state index in [1.165, 1.54) is 192 Å². The molecule has 2 heterocycles. The van der Waals surface area contributed by atoms with E-state index in [4.69, 9.17) is 0 Å². The van der Waals surface area contributed by atoms with Gasteiger partial charge in [-0.1, -0.05) is 189 Å². The summed E-state index contributed by atoms with van der Waals surface area (Å²) in [5.41, 5.74) is 26.0. The van der Waals surface area contributed by atoms with Crippen LogP contribution in [0.5, 0.6) is 0 Å². The number of hydrogen-bond donors (Lipinski definition) is 0. The minimum atomic E-state index is 0.237. The molecule has 0 atom stereocenters. The first kappa shape index (κ1) is 54.3. The first-order valence-corrected chi connectivity index (χ1v) is 32.9. The summed E-state index contributed by atoms with van der Waals surface area (Å²) in [4.78, 5) is 5.46. The topological polar surface area (TPSA) is 16.3 Å². The molecule has 0 unspecified atom stereocenters. The van der Waals surface area contributed by atoms with Gasteiger partial charge in [0.15, 0.2) is 0 Å². The van der Waals surface area contributed by atoms with Crippen LogP contribution in [-0.2, 0) is 25.7 Å². The van der Waals surface area contributed by atoms with E-state index < -0.39 is 0 Å². The summed E-state index contributed by atoms with van der Waals surface area (Å²) in [6, 6.07) is 80.5. The molecule has 4 nitrogen and oxygen atoms in total. The number of rotatable bonds is 12. The fourth-order valence-corrected chi connectivity index (χ4v) is 16.0. The number of nitrogens with zero attached hydrogens (tertiary/aromatic N) is 4. The molecule has 12 aromatic carbocycles. The summed E-state index contributed by atoms with van der Waals surface area (Å²) in [5, 5.41) is 13.0. The van der Waals surface area contributed by atoms with Crippen LogP contribution in [0.25, 0.3) is 87.3 Å². The fraction of sp³-hybridized carbons (Fsp3) is 0.238. The molecule has 16 rings (SSSR count). The standard InChI is InChI=1S/C84H78N4/c1-51(2)57-27-17-29-59(47-57)85-75-37-15-13-33-63(75)67-35-21-41-77(83(67)85)87(73-39-19-25-55-23-9-11-31-61(55)73)79-49-71(53(5)6)65-44-46-70-80(50-72(54(7)8)66-43-45-69(79)81(65)82(66)70)88(74-40-20-26-56-24-10-12-32-62(56)74)78-42-22-36-68-64-34-14-16-38-76(64)86(84(68)78)60-30-18-28-58(48-60)52(3)4/h13-22,25-30,33-54H,9-12,23-24,31-32H2,1-8H3. The first-order chi connectivity index (χ1) is 43.0. The summed E-state index contributed by atoms with van der Waals surface area (Å²) in [5.74, 6) is 1.25. The molecule has 0 fully saturated rings. The van der Waals surface area contributed by atoms with Crippen LogP contribution in [0.2, 0.25) is 0 Å². The maximum Gasteiger partial charge on any atom is 0.0782 e. The Morgan fingerprint density at radius 3 is 1.10 bits per heavy atom. The number of benzene rings is 12. The van der Waals surface area contributed by atoms with E-state index in [2.05, 4.69) is 281 Å². The third-order valence-electron chi connectivity index (χ3n) is 20.3. The second kappa shape index (κ2) is 21.3. The Hall–Kier alpha value is -9.12. The van der Waals surface area contributed by atoms with Crippen LogP contribution >= 0.6 is 0 Å². The Labute approximate surface area is 518 Å². The summed E-state index contributed by atoms with van der Waals surface area (Å²) in [6.07, 6.45) is 9.09. The minimum Gasteiger partial charge on any atom is -0.307 e. The number of fused-ring (bicyclic) bond motifs is 8. The Balaban J connectivity index is 1.04. The van der Waals surface area contributed by atoms with E-state index in [1.54, 1.807) is 0 Å². The van der Waals surface area contributed by atoms with Gasteiger partial charge in [0, 0.05) is 55.1 Å². The van der Waals surface area contributed by atoms with Crippen LogP contribution < -0.4 is 9.80 Å². The van der Waals surface area contributed by atoms with Crippen molar-refractivity contribution in [1.29, 1.82) is 0 Å². The molecule has 434 valence electrons. The van der Waals surface area contributed by atoms with Crippen molar-refractivity contribution < 1.29 is 0 Å². The highest BCUT2D eigenvalue weighted by molar-refractivity contribution is 6.30. The van der Waals surface area contributed by atoms with Gasteiger partial charge in [0.05, 0.1) is 44.8 Å². The molecule has 0 N–H and O–H groups in total. The summed E-state index contributed by atoms with van der Waals surface area (Å²) in [7, 11) is 0. The Kier molecular flexibility index (Phi) is 13.2. The normalized spacial score (nSPS) is 13.7. The van der Waals surface area contributed by atoms with Crippen molar-refractivity contribution in [3.05, 3.63) is 251 Å². The number of para-hydroxylation sites is 4. The van der Waals surface area contributed by atoms with Gasteiger partial charge in [0.25, 0.3) is 0 Å². The molecule has 0 aliphatic heterocycles. The van der Waals surface area contributed by atoms with E-state index in [0.29, 0.717) is 11.8 Å². The predicted molar refractivity (Wildman–Crippen MR) is 378 cm³/mol. The molecule has 14 aromatic rings. The van der Waals surface area contributed by atoms with Gasteiger partial charge in [-0.15, -0.1) is 0 Å². The molecule has 0 radical (unpaired) electrons. The second-order valence-corrected chi connectivity index (χ2v) is 26.8. The van der Waals surface area contributed by atoms with Crippen molar-refractivity contribution in [3.8, 4) is 11.4 Å². The van der Waals surface area contributed by atoms with E-state index in [0.717, 1.165) is 25.7 Å². The highest BCUT2D eigenvalue weighted by Crippen LogP contribution is 2.55. The highest BCUT2D eigenvalue weighted by atomic mass is 15.2. The zero-order valence-corrected chi connectivity index (χ0v) is 52.4. The molecule has 0 amide bonds. The van der Waals surface area contributed by atoms with Crippen molar-refractivity contribution in [2.24, 2.45) is 0 Å². The molecular weight excluding hydrogens is 1060 g/mol. The molecule has 0 bridgehead atoms. The quantitative estimate of drug-likeness (QED) is 0.113. The van der Waals surface area contributed by atoms with Gasteiger partial charge in [-0.25, -0.2) is 0 Å². The first-order valence-electron chi connectivity index (χ1n) is 32.9. The lowest BCUT2D eigenvalue weighted by Crippen LogP contribution is -2.18. The van der Waals surface area contributed by atoms with E-state index in [9.17, 15) is 0 Å². The minimum absolute atomic E-state index is 0.237. The van der Waals surface area contributed by atoms with Gasteiger partial charge in [0.2, 0.25) is 0 Å². The zero-order valence-electron chi connectivity index (χ0n) is 52.4. The van der Waals surface area contributed by atoms with Crippen molar-refractivity contribution in [3.63, 3.8) is 0 Å². The van der Waals surface area contributed by atoms with Gasteiger partial charge in [-0.05, 0) is 214 Å². The molecule has 0 saturated carbocycles. The summed E-state index contributed by atoms with van der Waals surface area (Å²) in [6.45, 7) is 18.9. The van der Waals surface area contributed by atoms with Crippen molar-refractivity contribution >= 4 is 110 Å². The molecule has 88 heavy (non-hydrogen) atoms. The maximum atomic E-state index is 2.73. The Morgan fingerprint density at radius 2 is 0.670 bits per heavy atom. The number of hydrogen-bond acceptors (Lipinski definition) is 2. The maximum absolute atomic E-state index is 2.73. The fourth-order valence-electron chi connectivity index (χ4n) is 16.0. The van der Waals surface area contributed by atoms with Gasteiger partial charge < -0.3 is 18.9 Å². The lowest BCUT2D eigenvalue weighted by Gasteiger charge is -2.34. The van der Waals surface area contributed by atoms with Crippen LogP contribution in [0, 0.1) is 0 Å². The monoisotopic (exact) mass is 1140 g/mol. The molecular formula is C84H78N4. The lowest BCUT2D eigenvalue weighted by molar-refractivity contribution is 0.686. The zero-order chi connectivity index (χ0) is 59.6. The van der Waals surface area contributed by atoms with Crippen molar-refractivity contribution in [1.82, 2.24) is 9.13 Å². The second-order valence-electron chi connectivity index (χ2n) is 26.8. The Morgan fingerprint density at radius 1 is 0.295 bits per heavy atom. The Bertz CT molecular complexity index is 4760. The van der Waals surface area contributed by atoms with Gasteiger partial charge in [0.1, 0.15) is 0 Å². The highest BCUT2D eigenvalue weighted by Gasteiger charge is 2.32. The third kappa shape index (κ3) is 8.45. The van der Waals surface area contributed by atoms with E-state index in [-0.39, 0.29) is 11.8 Å². The number of anilines is 6. The average molecular weight is 1140 g/mol. The van der Waals surface area contributed by atoms with E-state index in [1.807, 2.05) is 0 Å². The van der Waals surface area contributed by atoms with Gasteiger partial charge >= 0.3 is 0 Å². The smallest absolute Gasteiger partial charge is 0.0782 e. The number of aryl methyl sites for hydroxylation is 2. The summed E-state index contributed by atoms with van der Waals surface area (Å²) >= 11 is 0. The van der Waals surface area contributed by atoms with Gasteiger partial charge in [-0.3, -0.25) is 0 Å².